The van der Waals surface area contributed by atoms with Gasteiger partial charge in [-0.15, -0.1) is 0 Å². The first-order chi connectivity index (χ1) is 10.5. The molecule has 0 N–H and O–H groups in total. The van der Waals surface area contributed by atoms with E-state index in [1.54, 1.807) is 12.4 Å². The fraction of sp³-hybridized carbons (Fsp3) is 0.222. The van der Waals surface area contributed by atoms with Crippen molar-refractivity contribution in [2.75, 3.05) is 0 Å². The van der Waals surface area contributed by atoms with Gasteiger partial charge in [-0.25, -0.2) is 9.97 Å². The lowest BCUT2D eigenvalue weighted by Crippen LogP contribution is -2.15. The number of hydrogen-bond acceptors (Lipinski definition) is 4. The summed E-state index contributed by atoms with van der Waals surface area (Å²) in [6.45, 7) is 6.42. The molecule has 3 aromatic rings. The molecule has 0 unspecified atom stereocenters. The van der Waals surface area contributed by atoms with Gasteiger partial charge in [0.25, 0.3) is 0 Å². The summed E-state index contributed by atoms with van der Waals surface area (Å²) in [5.41, 5.74) is 3.33. The number of nitrogens with zero attached hydrogens (tertiary/aromatic N) is 4. The van der Waals surface area contributed by atoms with E-state index in [0.29, 0.717) is 5.82 Å². The smallest absolute Gasteiger partial charge is 0.179 e. The molecule has 0 aliphatic carbocycles. The average molecular weight is 290 g/mol. The third-order valence-electron chi connectivity index (χ3n) is 3.32. The van der Waals surface area contributed by atoms with Gasteiger partial charge < -0.3 is 0 Å². The number of pyridine rings is 2. The molecule has 0 radical (unpaired) electrons. The Bertz CT molecular complexity index is 704. The lowest BCUT2D eigenvalue weighted by atomic mass is 9.91. The summed E-state index contributed by atoms with van der Waals surface area (Å²) in [6, 6.07) is 13.6. The fourth-order valence-electron chi connectivity index (χ4n) is 2.09. The number of hydrogen-bond donors (Lipinski definition) is 0. The van der Waals surface area contributed by atoms with Crippen LogP contribution in [0.15, 0.2) is 54.9 Å². The molecule has 0 bridgehead atoms. The average Bonchev–Trinajstić information content (AvgIpc) is 2.55. The van der Waals surface area contributed by atoms with Crippen LogP contribution in [0, 0.1) is 0 Å². The Labute approximate surface area is 130 Å². The highest BCUT2D eigenvalue weighted by Crippen LogP contribution is 2.26. The lowest BCUT2D eigenvalue weighted by Gasteiger charge is -2.19. The maximum Gasteiger partial charge on any atom is 0.179 e. The number of rotatable bonds is 2. The van der Waals surface area contributed by atoms with Gasteiger partial charge >= 0.3 is 0 Å². The first-order valence-corrected chi connectivity index (χ1v) is 7.26. The van der Waals surface area contributed by atoms with Crippen LogP contribution in [0.2, 0.25) is 0 Å². The Kier molecular flexibility index (Phi) is 3.67. The molecule has 0 atom stereocenters. The van der Waals surface area contributed by atoms with E-state index in [1.807, 2.05) is 42.5 Å². The van der Waals surface area contributed by atoms with E-state index in [0.717, 1.165) is 22.8 Å². The van der Waals surface area contributed by atoms with Crippen LogP contribution in [0.5, 0.6) is 0 Å². The van der Waals surface area contributed by atoms with E-state index in [2.05, 4.69) is 35.7 Å². The maximum absolute atomic E-state index is 4.70. The highest BCUT2D eigenvalue weighted by atomic mass is 14.9. The van der Waals surface area contributed by atoms with Crippen LogP contribution < -0.4 is 0 Å². The molecule has 3 rings (SSSR count). The second-order valence-electron chi connectivity index (χ2n) is 6.14. The predicted octanol–water partition coefficient (Wildman–Crippen LogP) is 3.90. The minimum absolute atomic E-state index is 0.0734. The van der Waals surface area contributed by atoms with Gasteiger partial charge in [-0.05, 0) is 30.3 Å². The molecule has 0 aromatic carbocycles. The minimum atomic E-state index is -0.0734. The molecule has 0 fully saturated rings. The quantitative estimate of drug-likeness (QED) is 0.718. The Hall–Kier alpha value is -2.62. The fourth-order valence-corrected chi connectivity index (χ4v) is 2.09. The normalized spacial score (nSPS) is 11.4. The summed E-state index contributed by atoms with van der Waals surface area (Å²) in [4.78, 5) is 18.1. The molecule has 4 nitrogen and oxygen atoms in total. The van der Waals surface area contributed by atoms with Crippen molar-refractivity contribution in [3.05, 3.63) is 60.6 Å². The minimum Gasteiger partial charge on any atom is -0.255 e. The zero-order valence-corrected chi connectivity index (χ0v) is 13.0. The van der Waals surface area contributed by atoms with Crippen molar-refractivity contribution in [1.29, 1.82) is 0 Å². The molecule has 0 amide bonds. The summed E-state index contributed by atoms with van der Waals surface area (Å²) in [5.74, 6) is 0.633. The van der Waals surface area contributed by atoms with Crippen LogP contribution in [0.4, 0.5) is 0 Å². The monoisotopic (exact) mass is 290 g/mol. The van der Waals surface area contributed by atoms with Crippen molar-refractivity contribution in [1.82, 2.24) is 19.9 Å². The van der Waals surface area contributed by atoms with Crippen LogP contribution in [0.25, 0.3) is 22.9 Å². The third kappa shape index (κ3) is 3.01. The van der Waals surface area contributed by atoms with Gasteiger partial charge in [0.05, 0.1) is 17.1 Å². The van der Waals surface area contributed by atoms with E-state index in [-0.39, 0.29) is 5.41 Å². The Morgan fingerprint density at radius 3 is 1.91 bits per heavy atom. The van der Waals surface area contributed by atoms with Crippen LogP contribution >= 0.6 is 0 Å². The molecule has 22 heavy (non-hydrogen) atoms. The maximum atomic E-state index is 4.70. The molecular weight excluding hydrogens is 272 g/mol. The number of aromatic nitrogens is 4. The predicted molar refractivity (Wildman–Crippen MR) is 87.2 cm³/mol. The van der Waals surface area contributed by atoms with Crippen molar-refractivity contribution in [2.24, 2.45) is 0 Å². The lowest BCUT2D eigenvalue weighted by molar-refractivity contribution is 0.568. The molecular formula is C18H18N4. The zero-order valence-electron chi connectivity index (χ0n) is 13.0. The van der Waals surface area contributed by atoms with Crippen LogP contribution in [0.1, 0.15) is 26.5 Å². The summed E-state index contributed by atoms with van der Waals surface area (Å²) in [6.07, 6.45) is 3.53. The third-order valence-corrected chi connectivity index (χ3v) is 3.32. The first-order valence-electron chi connectivity index (χ1n) is 7.26. The van der Waals surface area contributed by atoms with E-state index in [9.17, 15) is 0 Å². The van der Waals surface area contributed by atoms with Gasteiger partial charge in [-0.3, -0.25) is 9.97 Å². The first kappa shape index (κ1) is 14.3. The van der Waals surface area contributed by atoms with Crippen LogP contribution in [0.3, 0.4) is 0 Å². The van der Waals surface area contributed by atoms with Crippen LogP contribution in [-0.4, -0.2) is 19.9 Å². The summed E-state index contributed by atoms with van der Waals surface area (Å²) in [5, 5.41) is 0. The SMILES string of the molecule is CC(C)(C)c1cc(-c2ccccn2)nc(-c2ccccn2)n1. The molecule has 110 valence electrons. The van der Waals surface area contributed by atoms with Gasteiger partial charge in [0, 0.05) is 17.8 Å². The molecule has 0 saturated heterocycles. The Morgan fingerprint density at radius 2 is 1.36 bits per heavy atom. The highest BCUT2D eigenvalue weighted by molar-refractivity contribution is 5.59. The van der Waals surface area contributed by atoms with E-state index in [4.69, 9.17) is 4.98 Å². The van der Waals surface area contributed by atoms with Gasteiger partial charge in [0.1, 0.15) is 5.69 Å². The summed E-state index contributed by atoms with van der Waals surface area (Å²) in [7, 11) is 0. The molecule has 0 saturated carbocycles. The van der Waals surface area contributed by atoms with Gasteiger partial charge in [-0.2, -0.15) is 0 Å². The zero-order chi connectivity index (χ0) is 15.6. The van der Waals surface area contributed by atoms with Crippen molar-refractivity contribution in [3.8, 4) is 22.9 Å². The van der Waals surface area contributed by atoms with Gasteiger partial charge in [-0.1, -0.05) is 32.9 Å². The standard InChI is InChI=1S/C18H18N4/c1-18(2,3)16-12-15(13-8-4-6-10-19-13)21-17(22-16)14-9-5-7-11-20-14/h4-12H,1-3H3. The van der Waals surface area contributed by atoms with E-state index in [1.165, 1.54) is 0 Å². The van der Waals surface area contributed by atoms with Gasteiger partial charge in [0.15, 0.2) is 5.82 Å². The second-order valence-corrected chi connectivity index (χ2v) is 6.14. The van der Waals surface area contributed by atoms with Crippen molar-refractivity contribution in [3.63, 3.8) is 0 Å². The largest absolute Gasteiger partial charge is 0.255 e. The summed E-state index contributed by atoms with van der Waals surface area (Å²) >= 11 is 0. The van der Waals surface area contributed by atoms with Gasteiger partial charge in [0.2, 0.25) is 0 Å². The van der Waals surface area contributed by atoms with Crippen molar-refractivity contribution in [2.45, 2.75) is 26.2 Å². The van der Waals surface area contributed by atoms with E-state index >= 15 is 0 Å². The molecule has 3 aromatic heterocycles. The topological polar surface area (TPSA) is 51.6 Å². The molecule has 0 aliphatic heterocycles. The Balaban J connectivity index is 2.19. The Morgan fingerprint density at radius 1 is 0.727 bits per heavy atom. The summed E-state index contributed by atoms with van der Waals surface area (Å²) < 4.78 is 0. The molecule has 3 heterocycles. The van der Waals surface area contributed by atoms with Crippen LogP contribution in [-0.2, 0) is 5.41 Å². The highest BCUT2D eigenvalue weighted by Gasteiger charge is 2.19. The molecule has 0 spiro atoms. The second kappa shape index (κ2) is 5.64. The molecule has 0 aliphatic rings. The van der Waals surface area contributed by atoms with E-state index < -0.39 is 0 Å². The molecule has 4 heteroatoms. The van der Waals surface area contributed by atoms with Crippen molar-refractivity contribution < 1.29 is 0 Å². The van der Waals surface area contributed by atoms with Crippen molar-refractivity contribution >= 4 is 0 Å².